The molecule has 2 aliphatic rings. The van der Waals surface area contributed by atoms with Crippen LogP contribution in [0.1, 0.15) is 75.6 Å². The molecule has 1 aromatic heterocycles. The second kappa shape index (κ2) is 11.6. The van der Waals surface area contributed by atoms with Crippen molar-refractivity contribution in [2.24, 2.45) is 0 Å². The summed E-state index contributed by atoms with van der Waals surface area (Å²) in [5.41, 5.74) is -0.906. The number of aliphatic hydroxyl groups is 1. The third kappa shape index (κ3) is 7.21. The second-order valence-corrected chi connectivity index (χ2v) is 11.9. The number of pyridine rings is 1. The minimum atomic E-state index is -4.88. The molecule has 3 unspecified atom stereocenters. The molecule has 1 aliphatic heterocycles. The van der Waals surface area contributed by atoms with E-state index in [4.69, 9.17) is 0 Å². The van der Waals surface area contributed by atoms with Gasteiger partial charge >= 0.3 is 6.18 Å². The van der Waals surface area contributed by atoms with Gasteiger partial charge in [0.2, 0.25) is 17.7 Å². The molecule has 224 valence electrons. The van der Waals surface area contributed by atoms with Crippen molar-refractivity contribution in [2.75, 3.05) is 11.4 Å². The van der Waals surface area contributed by atoms with Crippen LogP contribution >= 0.6 is 0 Å². The van der Waals surface area contributed by atoms with Gasteiger partial charge in [-0.3, -0.25) is 19.5 Å². The molecule has 1 aliphatic carbocycles. The summed E-state index contributed by atoms with van der Waals surface area (Å²) >= 11 is 0. The third-order valence-electron chi connectivity index (χ3n) is 7.68. The number of hydrogen-bond acceptors (Lipinski definition) is 5. The summed E-state index contributed by atoms with van der Waals surface area (Å²) in [6.45, 7) is 6.03. The number of anilines is 1. The first-order chi connectivity index (χ1) is 19.1. The largest absolute Gasteiger partial charge is 0.416 e. The number of aromatic nitrogens is 1. The summed E-state index contributed by atoms with van der Waals surface area (Å²) in [5, 5.41) is 15.6. The van der Waals surface area contributed by atoms with Crippen molar-refractivity contribution in [1.29, 1.82) is 0 Å². The van der Waals surface area contributed by atoms with Gasteiger partial charge in [0.1, 0.15) is 6.04 Å². The molecule has 1 saturated carbocycles. The number of aliphatic hydroxyl groups excluding tert-OH is 1. The number of benzene rings is 1. The molecule has 1 saturated heterocycles. The second-order valence-electron chi connectivity index (χ2n) is 11.9. The first-order valence-corrected chi connectivity index (χ1v) is 13.6. The van der Waals surface area contributed by atoms with E-state index in [1.54, 1.807) is 24.3 Å². The zero-order valence-corrected chi connectivity index (χ0v) is 23.1. The van der Waals surface area contributed by atoms with E-state index in [1.165, 1.54) is 0 Å². The summed E-state index contributed by atoms with van der Waals surface area (Å²) in [6.07, 6.45) is -4.93. The zero-order chi connectivity index (χ0) is 30.2. The molecule has 3 atom stereocenters. The normalized spacial score (nSPS) is 22.3. The van der Waals surface area contributed by atoms with Gasteiger partial charge < -0.3 is 15.7 Å². The lowest BCUT2D eigenvalue weighted by Crippen LogP contribution is -2.52. The Morgan fingerprint density at radius 3 is 2.27 bits per heavy atom. The molecule has 4 rings (SSSR count). The molecule has 2 heterocycles. The Morgan fingerprint density at radius 2 is 1.73 bits per heavy atom. The van der Waals surface area contributed by atoms with Gasteiger partial charge in [0.05, 0.1) is 17.7 Å². The smallest absolute Gasteiger partial charge is 0.392 e. The van der Waals surface area contributed by atoms with Crippen molar-refractivity contribution in [2.45, 2.75) is 94.6 Å². The van der Waals surface area contributed by atoms with Crippen molar-refractivity contribution in [3.05, 3.63) is 59.4 Å². The number of β-amino-alcohol motifs (C(OH)–C–C–N with tert-alkyl or cyclic N) is 1. The third-order valence-corrected chi connectivity index (χ3v) is 7.68. The number of halogens is 5. The van der Waals surface area contributed by atoms with E-state index >= 15 is 0 Å². The lowest BCUT2D eigenvalue weighted by Gasteiger charge is -2.36. The van der Waals surface area contributed by atoms with Crippen LogP contribution in [0, 0.1) is 0 Å². The van der Waals surface area contributed by atoms with Crippen molar-refractivity contribution in [3.8, 4) is 0 Å². The molecule has 41 heavy (non-hydrogen) atoms. The standard InChI is InChI=1S/C29H35F5N4O3/c1-27(2,3)17-4-6-19(7-5-17)38(26(41)23-14-20(39)15-36-23)24(21-16-35-13-10-22(21)29(32,33)34)25(40)37-18-8-11-28(30,31)12-9-18/h4-7,10,13,16,18,20,23-24,36,39H,8-9,11-12,14-15H2,1-3H3,(H,37,40). The monoisotopic (exact) mass is 582 g/mol. The number of rotatable bonds is 6. The minimum Gasteiger partial charge on any atom is -0.392 e. The Hall–Kier alpha value is -3.12. The number of hydrogen-bond donors (Lipinski definition) is 3. The van der Waals surface area contributed by atoms with Gasteiger partial charge in [0, 0.05) is 49.1 Å². The highest BCUT2D eigenvalue weighted by Gasteiger charge is 2.44. The Morgan fingerprint density at radius 1 is 1.10 bits per heavy atom. The van der Waals surface area contributed by atoms with E-state index < -0.39 is 72.1 Å². The van der Waals surface area contributed by atoms with Gasteiger partial charge in [-0.2, -0.15) is 13.2 Å². The minimum absolute atomic E-state index is 0.000617. The van der Waals surface area contributed by atoms with Crippen LogP contribution in [-0.2, 0) is 21.2 Å². The number of alkyl halides is 5. The van der Waals surface area contributed by atoms with Crippen LogP contribution in [0.2, 0.25) is 0 Å². The maximum absolute atomic E-state index is 14.2. The SMILES string of the molecule is CC(C)(C)c1ccc(N(C(=O)C2CC(O)CN2)C(C(=O)NC2CCC(F)(F)CC2)c2cnccc2C(F)(F)F)cc1. The maximum Gasteiger partial charge on any atom is 0.416 e. The average Bonchev–Trinajstić information content (AvgIpc) is 3.33. The van der Waals surface area contributed by atoms with Gasteiger partial charge in [0.25, 0.3) is 0 Å². The van der Waals surface area contributed by atoms with Crippen LogP contribution in [0.15, 0.2) is 42.7 Å². The van der Waals surface area contributed by atoms with Gasteiger partial charge in [-0.05, 0) is 48.4 Å². The molecule has 12 heteroatoms. The number of nitrogens with zero attached hydrogens (tertiary/aromatic N) is 2. The number of nitrogens with one attached hydrogen (secondary N) is 2. The Kier molecular flexibility index (Phi) is 8.75. The van der Waals surface area contributed by atoms with Crippen LogP contribution in [0.3, 0.4) is 0 Å². The number of amides is 2. The molecule has 3 N–H and O–H groups in total. The number of carbonyl (C=O) groups is 2. The van der Waals surface area contributed by atoms with E-state index in [0.29, 0.717) is 0 Å². The van der Waals surface area contributed by atoms with E-state index in [9.17, 15) is 36.6 Å². The molecule has 2 aromatic rings. The average molecular weight is 583 g/mol. The van der Waals surface area contributed by atoms with Crippen molar-refractivity contribution >= 4 is 17.5 Å². The van der Waals surface area contributed by atoms with Gasteiger partial charge in [-0.15, -0.1) is 0 Å². The summed E-state index contributed by atoms with van der Waals surface area (Å²) in [5.74, 6) is -4.53. The molecule has 2 fully saturated rings. The van der Waals surface area contributed by atoms with Crippen molar-refractivity contribution < 1.29 is 36.6 Å². The van der Waals surface area contributed by atoms with Crippen LogP contribution in [0.4, 0.5) is 27.6 Å². The predicted octanol–water partition coefficient (Wildman–Crippen LogP) is 4.89. The lowest BCUT2D eigenvalue weighted by atomic mass is 9.87. The quantitative estimate of drug-likeness (QED) is 0.422. The summed E-state index contributed by atoms with van der Waals surface area (Å²) in [6, 6.07) is 3.83. The van der Waals surface area contributed by atoms with Crippen molar-refractivity contribution in [1.82, 2.24) is 15.6 Å². The fraction of sp³-hybridized carbons (Fsp3) is 0.552. The van der Waals surface area contributed by atoms with Crippen LogP contribution in [-0.4, -0.2) is 52.6 Å². The Balaban J connectivity index is 1.83. The van der Waals surface area contributed by atoms with Crippen molar-refractivity contribution in [3.63, 3.8) is 0 Å². The Bertz CT molecular complexity index is 1240. The molecule has 0 spiro atoms. The summed E-state index contributed by atoms with van der Waals surface area (Å²) in [4.78, 5) is 32.8. The fourth-order valence-corrected chi connectivity index (χ4v) is 5.34. The van der Waals surface area contributed by atoms with Gasteiger partial charge in [0.15, 0.2) is 0 Å². The first-order valence-electron chi connectivity index (χ1n) is 13.6. The van der Waals surface area contributed by atoms with E-state index in [-0.39, 0.29) is 36.9 Å². The fourth-order valence-electron chi connectivity index (χ4n) is 5.34. The molecule has 0 bridgehead atoms. The summed E-state index contributed by atoms with van der Waals surface area (Å²) in [7, 11) is 0. The van der Waals surface area contributed by atoms with Crippen LogP contribution < -0.4 is 15.5 Å². The van der Waals surface area contributed by atoms with E-state index in [2.05, 4.69) is 15.6 Å². The molecule has 2 amide bonds. The predicted molar refractivity (Wildman–Crippen MR) is 142 cm³/mol. The van der Waals surface area contributed by atoms with Crippen LogP contribution in [0.5, 0.6) is 0 Å². The molecular formula is C29H35F5N4O3. The number of carbonyl (C=O) groups excluding carboxylic acids is 2. The molecule has 1 aromatic carbocycles. The van der Waals surface area contributed by atoms with E-state index in [0.717, 1.165) is 28.9 Å². The highest BCUT2D eigenvalue weighted by molar-refractivity contribution is 6.04. The molecule has 0 radical (unpaired) electrons. The maximum atomic E-state index is 14.2. The summed E-state index contributed by atoms with van der Waals surface area (Å²) < 4.78 is 70.2. The molecule has 7 nitrogen and oxygen atoms in total. The lowest BCUT2D eigenvalue weighted by molar-refractivity contribution is -0.139. The topological polar surface area (TPSA) is 94.6 Å². The van der Waals surface area contributed by atoms with Crippen LogP contribution in [0.25, 0.3) is 0 Å². The Labute approximate surface area is 235 Å². The highest BCUT2D eigenvalue weighted by Crippen LogP contribution is 2.39. The molecular weight excluding hydrogens is 547 g/mol. The highest BCUT2D eigenvalue weighted by atomic mass is 19.4. The van der Waals surface area contributed by atoms with Gasteiger partial charge in [-0.1, -0.05) is 32.9 Å². The van der Waals surface area contributed by atoms with Gasteiger partial charge in [-0.25, -0.2) is 8.78 Å². The van der Waals surface area contributed by atoms with E-state index in [1.807, 2.05) is 20.8 Å². The zero-order valence-electron chi connectivity index (χ0n) is 23.1. The first kappa shape index (κ1) is 30.8.